The molecule has 0 amide bonds. The summed E-state index contributed by atoms with van der Waals surface area (Å²) in [5.41, 5.74) is 0. The lowest BCUT2D eigenvalue weighted by molar-refractivity contribution is -0.225. The van der Waals surface area contributed by atoms with E-state index in [1.165, 1.54) is 0 Å². The lowest BCUT2D eigenvalue weighted by atomic mass is 9.95. The molecule has 8 heteroatoms. The molecule has 2 atom stereocenters. The fourth-order valence-electron chi connectivity index (χ4n) is 1.53. The minimum atomic E-state index is -1.91. The summed E-state index contributed by atoms with van der Waals surface area (Å²) in [5.74, 6) is 0. The van der Waals surface area contributed by atoms with Gasteiger partial charge in [0, 0.05) is 0 Å². The van der Waals surface area contributed by atoms with Crippen LogP contribution in [0.25, 0.3) is 0 Å². The molecule has 0 bridgehead atoms. The molecule has 1 fully saturated rings. The first-order valence-electron chi connectivity index (χ1n) is 5.32. The lowest BCUT2D eigenvalue weighted by Crippen LogP contribution is -2.34. The molecule has 1 aliphatic carbocycles. The Morgan fingerprint density at radius 3 is 1.94 bits per heavy atom. The maximum atomic E-state index is 11.9. The van der Waals surface area contributed by atoms with Crippen LogP contribution in [0, 0.1) is 0 Å². The molecule has 2 unspecified atom stereocenters. The van der Waals surface area contributed by atoms with E-state index in [0.29, 0.717) is 12.8 Å². The van der Waals surface area contributed by atoms with Crippen LogP contribution < -0.4 is 0 Å². The van der Waals surface area contributed by atoms with Gasteiger partial charge in [0.1, 0.15) is 12.7 Å². The van der Waals surface area contributed by atoms with E-state index in [1.54, 1.807) is 0 Å². The van der Waals surface area contributed by atoms with Crippen LogP contribution in [0.5, 0.6) is 0 Å². The van der Waals surface area contributed by atoms with Gasteiger partial charge >= 0.3 is 12.1 Å². The summed E-state index contributed by atoms with van der Waals surface area (Å²) in [6.45, 7) is -2.11. The van der Waals surface area contributed by atoms with Crippen LogP contribution in [-0.4, -0.2) is 37.6 Å². The summed E-state index contributed by atoms with van der Waals surface area (Å²) >= 11 is 0. The highest BCUT2D eigenvalue weighted by atomic mass is 19.3. The second-order valence-electron chi connectivity index (χ2n) is 3.61. The Morgan fingerprint density at radius 2 is 1.56 bits per heavy atom. The lowest BCUT2D eigenvalue weighted by Gasteiger charge is -2.27. The minimum Gasteiger partial charge on any atom is -0.365 e. The summed E-state index contributed by atoms with van der Waals surface area (Å²) in [7, 11) is 0. The molecule has 4 nitrogen and oxygen atoms in total. The molecular formula is C10H14F4O4. The molecule has 0 aromatic carbocycles. The van der Waals surface area contributed by atoms with Crippen molar-refractivity contribution in [2.75, 3.05) is 13.3 Å². The number of halogens is 4. The second kappa shape index (κ2) is 9.95. The molecule has 0 aliphatic heterocycles. The van der Waals surface area contributed by atoms with E-state index >= 15 is 0 Å². The minimum absolute atomic E-state index is 0.488. The highest BCUT2D eigenvalue weighted by molar-refractivity contribution is 5.69. The zero-order valence-electron chi connectivity index (χ0n) is 9.54. The van der Waals surface area contributed by atoms with Gasteiger partial charge in [-0.25, -0.2) is 4.39 Å². The monoisotopic (exact) mass is 274 g/mol. The number of carbonyl (C=O) groups is 2. The SMILES string of the molecule is O=C(F)CF.O=C(F)COC1CCCCC1OF. The Morgan fingerprint density at radius 1 is 1.06 bits per heavy atom. The van der Waals surface area contributed by atoms with Crippen LogP contribution >= 0.6 is 0 Å². The number of rotatable bonds is 5. The van der Waals surface area contributed by atoms with Gasteiger partial charge in [0.2, 0.25) is 0 Å². The molecule has 1 rings (SSSR count). The van der Waals surface area contributed by atoms with E-state index in [4.69, 9.17) is 9.53 Å². The van der Waals surface area contributed by atoms with Crippen molar-refractivity contribution in [1.29, 1.82) is 0 Å². The van der Waals surface area contributed by atoms with E-state index in [9.17, 15) is 22.5 Å². The van der Waals surface area contributed by atoms with Crippen LogP contribution in [0.1, 0.15) is 25.7 Å². The molecule has 0 aromatic rings. The van der Waals surface area contributed by atoms with Crippen LogP contribution in [0.2, 0.25) is 0 Å². The molecule has 0 saturated heterocycles. The maximum Gasteiger partial charge on any atom is 0.332 e. The normalized spacial score (nSPS) is 22.9. The van der Waals surface area contributed by atoms with Crippen LogP contribution in [0.4, 0.5) is 17.7 Å². The molecule has 0 N–H and O–H groups in total. The molecule has 1 saturated carbocycles. The van der Waals surface area contributed by atoms with Crippen molar-refractivity contribution in [1.82, 2.24) is 0 Å². The van der Waals surface area contributed by atoms with Gasteiger partial charge in [-0.1, -0.05) is 12.8 Å². The van der Waals surface area contributed by atoms with E-state index in [1.807, 2.05) is 0 Å². The van der Waals surface area contributed by atoms with E-state index < -0.39 is 37.6 Å². The quantitative estimate of drug-likeness (QED) is 0.569. The topological polar surface area (TPSA) is 52.6 Å². The fourth-order valence-corrected chi connectivity index (χ4v) is 1.53. The standard InChI is InChI=1S/C8H12F2O3.C2H2F2O/c9-8(11)5-12-6-3-1-2-4-7(6)13-10;3-1-2(4)5/h6-7H,1-5H2;1H2. The summed E-state index contributed by atoms with van der Waals surface area (Å²) in [5, 5.41) is 0. The third-order valence-corrected chi connectivity index (χ3v) is 2.27. The predicted octanol–water partition coefficient (Wildman–Crippen LogP) is 2.16. The average Bonchev–Trinajstić information content (AvgIpc) is 2.37. The number of alkyl halides is 1. The summed E-state index contributed by atoms with van der Waals surface area (Å²) in [6.07, 6.45) is 1.80. The van der Waals surface area contributed by atoms with Gasteiger partial charge in [0.25, 0.3) is 0 Å². The van der Waals surface area contributed by atoms with Crippen LogP contribution in [0.15, 0.2) is 0 Å². The van der Waals surface area contributed by atoms with Gasteiger partial charge in [-0.05, 0) is 17.4 Å². The highest BCUT2D eigenvalue weighted by Crippen LogP contribution is 2.23. The first kappa shape index (κ1) is 17.0. The van der Waals surface area contributed by atoms with E-state index in [2.05, 4.69) is 4.94 Å². The van der Waals surface area contributed by atoms with Crippen molar-refractivity contribution in [2.24, 2.45) is 0 Å². The molecule has 0 radical (unpaired) electrons. The predicted molar refractivity (Wildman–Crippen MR) is 52.4 cm³/mol. The van der Waals surface area contributed by atoms with Gasteiger partial charge < -0.3 is 4.74 Å². The van der Waals surface area contributed by atoms with Gasteiger partial charge in [0.15, 0.2) is 6.67 Å². The summed E-state index contributed by atoms with van der Waals surface area (Å²) in [6, 6.07) is -3.45. The van der Waals surface area contributed by atoms with Crippen molar-refractivity contribution in [3.8, 4) is 0 Å². The van der Waals surface area contributed by atoms with Gasteiger partial charge in [-0.3, -0.25) is 9.59 Å². The van der Waals surface area contributed by atoms with Crippen molar-refractivity contribution in [2.45, 2.75) is 37.9 Å². The van der Waals surface area contributed by atoms with Gasteiger partial charge in [-0.2, -0.15) is 13.7 Å². The average molecular weight is 274 g/mol. The Bertz CT molecular complexity index is 262. The highest BCUT2D eigenvalue weighted by Gasteiger charge is 2.27. The van der Waals surface area contributed by atoms with Crippen molar-refractivity contribution in [3.05, 3.63) is 0 Å². The summed E-state index contributed by atoms with van der Waals surface area (Å²) in [4.78, 5) is 22.4. The smallest absolute Gasteiger partial charge is 0.332 e. The molecule has 1 aliphatic rings. The summed E-state index contributed by atoms with van der Waals surface area (Å²) < 4.78 is 49.3. The van der Waals surface area contributed by atoms with Crippen molar-refractivity contribution >= 4 is 12.1 Å². The van der Waals surface area contributed by atoms with Crippen molar-refractivity contribution < 1.29 is 37.0 Å². The Hall–Kier alpha value is -1.02. The number of carbonyl (C=O) groups excluding carboxylic acids is 2. The van der Waals surface area contributed by atoms with Crippen LogP contribution in [-0.2, 0) is 19.3 Å². The molecule has 18 heavy (non-hydrogen) atoms. The molecule has 0 heterocycles. The second-order valence-corrected chi connectivity index (χ2v) is 3.61. The Balaban J connectivity index is 0.000000494. The van der Waals surface area contributed by atoms with Crippen molar-refractivity contribution in [3.63, 3.8) is 0 Å². The number of hydrogen-bond acceptors (Lipinski definition) is 4. The van der Waals surface area contributed by atoms with Gasteiger partial charge in [0.05, 0.1) is 6.10 Å². The Labute approximate surface area is 101 Å². The molecule has 0 spiro atoms. The third kappa shape index (κ3) is 8.13. The van der Waals surface area contributed by atoms with Gasteiger partial charge in [-0.15, -0.1) is 0 Å². The first-order valence-corrected chi connectivity index (χ1v) is 5.32. The largest absolute Gasteiger partial charge is 0.365 e. The molecular weight excluding hydrogens is 260 g/mol. The zero-order valence-corrected chi connectivity index (χ0v) is 9.54. The molecule has 106 valence electrons. The molecule has 0 aromatic heterocycles. The number of hydrogen-bond donors (Lipinski definition) is 0. The number of ether oxygens (including phenoxy) is 1. The Kier molecular flexibility index (Phi) is 9.39. The van der Waals surface area contributed by atoms with E-state index in [0.717, 1.165) is 12.8 Å². The van der Waals surface area contributed by atoms with E-state index in [-0.39, 0.29) is 0 Å². The maximum absolute atomic E-state index is 11.9. The zero-order chi connectivity index (χ0) is 14.0. The fraction of sp³-hybridized carbons (Fsp3) is 0.800. The third-order valence-electron chi connectivity index (χ3n) is 2.27. The first-order chi connectivity index (χ1) is 8.51. The van der Waals surface area contributed by atoms with Crippen LogP contribution in [0.3, 0.4) is 0 Å².